The number of amides is 1. The Balaban J connectivity index is 4.24. The number of rotatable bonds is 33. The Bertz CT molecular complexity index is 537. The molecule has 0 aromatic carbocycles. The van der Waals surface area contributed by atoms with Crippen LogP contribution < -0.4 is 0 Å². The zero-order valence-electron chi connectivity index (χ0n) is 29.8. The van der Waals surface area contributed by atoms with Gasteiger partial charge in [0, 0.05) is 26.6 Å². The molecule has 0 radical (unpaired) electrons. The Labute approximate surface area is 264 Å². The van der Waals surface area contributed by atoms with Crippen LogP contribution >= 0.6 is 0 Å². The van der Waals surface area contributed by atoms with Crippen LogP contribution in [0.3, 0.4) is 0 Å². The Morgan fingerprint density at radius 2 is 0.929 bits per heavy atom. The van der Waals surface area contributed by atoms with Gasteiger partial charge in [-0.15, -0.1) is 0 Å². The number of carbonyl (C=O) groups excluding carboxylic acids is 1. The van der Waals surface area contributed by atoms with Gasteiger partial charge in [-0.3, -0.25) is 4.79 Å². The molecule has 0 spiro atoms. The molecule has 1 unspecified atom stereocenters. The van der Waals surface area contributed by atoms with Crippen molar-refractivity contribution in [3.8, 4) is 0 Å². The van der Waals surface area contributed by atoms with Crippen molar-refractivity contribution in [3.63, 3.8) is 0 Å². The molecule has 252 valence electrons. The van der Waals surface area contributed by atoms with E-state index in [2.05, 4.69) is 25.7 Å². The lowest BCUT2D eigenvalue weighted by Crippen LogP contribution is -2.34. The number of nitrogens with zero attached hydrogens (tertiary/aromatic N) is 1. The molecule has 4 heteroatoms. The van der Waals surface area contributed by atoms with Gasteiger partial charge in [-0.1, -0.05) is 155 Å². The Hall–Kier alpha value is -0.610. The van der Waals surface area contributed by atoms with E-state index in [-0.39, 0.29) is 11.7 Å². The molecule has 0 saturated heterocycles. The van der Waals surface area contributed by atoms with E-state index in [4.69, 9.17) is 9.47 Å². The highest BCUT2D eigenvalue weighted by Crippen LogP contribution is 2.16. The van der Waals surface area contributed by atoms with Gasteiger partial charge in [0.1, 0.15) is 0 Å². The first kappa shape index (κ1) is 41.4. The van der Waals surface area contributed by atoms with Gasteiger partial charge in [0.15, 0.2) is 0 Å². The summed E-state index contributed by atoms with van der Waals surface area (Å²) in [6.07, 6.45) is 34.0. The van der Waals surface area contributed by atoms with E-state index in [1.807, 2.05) is 13.8 Å². The lowest BCUT2D eigenvalue weighted by Gasteiger charge is -2.26. The molecule has 0 fully saturated rings. The van der Waals surface area contributed by atoms with Crippen molar-refractivity contribution in [1.82, 2.24) is 4.90 Å². The maximum absolute atomic E-state index is 13.2. The first-order chi connectivity index (χ1) is 20.4. The van der Waals surface area contributed by atoms with Crippen molar-refractivity contribution < 1.29 is 14.3 Å². The Morgan fingerprint density at radius 3 is 1.26 bits per heavy atom. The molecule has 0 aromatic heterocycles. The molecular formula is C38H77NO3. The molecule has 0 heterocycles. The van der Waals surface area contributed by atoms with Gasteiger partial charge in [-0.25, -0.2) is 0 Å². The van der Waals surface area contributed by atoms with Crippen LogP contribution in [-0.2, 0) is 14.3 Å². The van der Waals surface area contributed by atoms with E-state index in [0.717, 1.165) is 32.4 Å². The molecular weight excluding hydrogens is 518 g/mol. The van der Waals surface area contributed by atoms with Gasteiger partial charge in [0.05, 0.1) is 18.3 Å². The quantitative estimate of drug-likeness (QED) is 0.0708. The molecule has 1 atom stereocenters. The lowest BCUT2D eigenvalue weighted by molar-refractivity contribution is -0.132. The third-order valence-corrected chi connectivity index (χ3v) is 8.95. The van der Waals surface area contributed by atoms with Crippen LogP contribution in [0.4, 0.5) is 0 Å². The minimum Gasteiger partial charge on any atom is -0.376 e. The van der Waals surface area contributed by atoms with Crippen LogP contribution in [0.2, 0.25) is 0 Å². The number of hydrogen-bond donors (Lipinski definition) is 0. The van der Waals surface area contributed by atoms with E-state index in [1.165, 1.54) is 141 Å². The summed E-state index contributed by atoms with van der Waals surface area (Å²) in [5.74, 6) is 0.322. The molecule has 0 aromatic rings. The predicted octanol–water partition coefficient (Wildman–Crippen LogP) is 11.8. The predicted molar refractivity (Wildman–Crippen MR) is 184 cm³/mol. The van der Waals surface area contributed by atoms with E-state index in [1.54, 1.807) is 7.11 Å². The minimum atomic E-state index is -0.284. The molecule has 0 rings (SSSR count). The first-order valence-electron chi connectivity index (χ1n) is 18.8. The van der Waals surface area contributed by atoms with Gasteiger partial charge < -0.3 is 14.4 Å². The monoisotopic (exact) mass is 596 g/mol. The van der Waals surface area contributed by atoms with Crippen molar-refractivity contribution in [3.05, 3.63) is 0 Å². The number of methoxy groups -OCH3 is 1. The second-order valence-electron chi connectivity index (χ2n) is 13.8. The van der Waals surface area contributed by atoms with Crippen LogP contribution in [0, 0.1) is 0 Å². The van der Waals surface area contributed by atoms with Gasteiger partial charge in [-0.2, -0.15) is 0 Å². The summed E-state index contributed by atoms with van der Waals surface area (Å²) in [4.78, 5) is 15.4. The molecule has 0 bridgehead atoms. The summed E-state index contributed by atoms with van der Waals surface area (Å²) in [5.41, 5.74) is -0.284. The van der Waals surface area contributed by atoms with E-state index in [9.17, 15) is 4.79 Å². The molecule has 0 aliphatic heterocycles. The normalized spacial score (nSPS) is 12.6. The van der Waals surface area contributed by atoms with Gasteiger partial charge in [0.25, 0.3) is 0 Å². The summed E-state index contributed by atoms with van der Waals surface area (Å²) in [7, 11) is 1.72. The molecule has 1 amide bonds. The summed E-state index contributed by atoms with van der Waals surface area (Å²) >= 11 is 0. The van der Waals surface area contributed by atoms with Crippen LogP contribution in [0.15, 0.2) is 0 Å². The zero-order chi connectivity index (χ0) is 31.2. The third-order valence-electron chi connectivity index (χ3n) is 8.95. The summed E-state index contributed by atoms with van der Waals surface area (Å²) in [6.45, 7) is 13.2. The van der Waals surface area contributed by atoms with Crippen LogP contribution in [0.5, 0.6) is 0 Å². The van der Waals surface area contributed by atoms with Crippen molar-refractivity contribution in [2.24, 2.45) is 0 Å². The average molecular weight is 596 g/mol. The van der Waals surface area contributed by atoms with Crippen LogP contribution in [-0.4, -0.2) is 49.3 Å². The lowest BCUT2D eigenvalue weighted by atomic mass is 10.0. The Kier molecular flexibility index (Phi) is 30.0. The molecule has 4 nitrogen and oxygen atoms in total. The maximum Gasteiger partial charge on any atom is 0.222 e. The minimum absolute atomic E-state index is 0.0727. The fourth-order valence-electron chi connectivity index (χ4n) is 5.62. The average Bonchev–Trinajstić information content (AvgIpc) is 2.98. The summed E-state index contributed by atoms with van der Waals surface area (Å²) in [6, 6.07) is 0. The van der Waals surface area contributed by atoms with Crippen molar-refractivity contribution in [1.29, 1.82) is 0 Å². The van der Waals surface area contributed by atoms with Gasteiger partial charge in [0.2, 0.25) is 5.91 Å². The van der Waals surface area contributed by atoms with E-state index >= 15 is 0 Å². The molecule has 0 saturated carbocycles. The molecule has 0 aliphatic carbocycles. The third kappa shape index (κ3) is 28.2. The zero-order valence-corrected chi connectivity index (χ0v) is 29.8. The maximum atomic E-state index is 13.2. The van der Waals surface area contributed by atoms with Crippen molar-refractivity contribution >= 4 is 5.91 Å². The number of carbonyl (C=O) groups is 1. The molecule has 0 N–H and O–H groups in total. The highest BCUT2D eigenvalue weighted by Gasteiger charge is 2.19. The van der Waals surface area contributed by atoms with Crippen molar-refractivity contribution in [2.75, 3.05) is 26.8 Å². The molecule has 42 heavy (non-hydrogen) atoms. The van der Waals surface area contributed by atoms with Crippen LogP contribution in [0.25, 0.3) is 0 Å². The van der Waals surface area contributed by atoms with E-state index < -0.39 is 0 Å². The highest BCUT2D eigenvalue weighted by molar-refractivity contribution is 5.76. The number of hydrogen-bond acceptors (Lipinski definition) is 3. The largest absolute Gasteiger partial charge is 0.376 e. The SMILES string of the molecule is CCCCCCCCCCCCCCN(CCCCCCCCCCCCCC)C(=O)CCC(C)OCC(C)(C)OC. The Morgan fingerprint density at radius 1 is 0.595 bits per heavy atom. The first-order valence-corrected chi connectivity index (χ1v) is 18.8. The number of ether oxygens (including phenoxy) is 2. The fraction of sp³-hybridized carbons (Fsp3) is 0.974. The number of unbranched alkanes of at least 4 members (excludes halogenated alkanes) is 22. The second-order valence-corrected chi connectivity index (χ2v) is 13.8. The van der Waals surface area contributed by atoms with Crippen LogP contribution in [0.1, 0.15) is 202 Å². The summed E-state index contributed by atoms with van der Waals surface area (Å²) in [5, 5.41) is 0. The highest BCUT2D eigenvalue weighted by atomic mass is 16.5. The molecule has 0 aliphatic rings. The van der Waals surface area contributed by atoms with Gasteiger partial charge in [-0.05, 0) is 40.0 Å². The smallest absolute Gasteiger partial charge is 0.222 e. The fourth-order valence-corrected chi connectivity index (χ4v) is 5.62. The summed E-state index contributed by atoms with van der Waals surface area (Å²) < 4.78 is 11.5. The second kappa shape index (κ2) is 30.4. The van der Waals surface area contributed by atoms with E-state index in [0.29, 0.717) is 18.9 Å². The van der Waals surface area contributed by atoms with Gasteiger partial charge >= 0.3 is 0 Å². The van der Waals surface area contributed by atoms with Crippen molar-refractivity contribution in [2.45, 2.75) is 213 Å². The topological polar surface area (TPSA) is 38.8 Å². The standard InChI is InChI=1S/C38H77NO3/c1-7-9-11-13-15-17-19-21-23-25-27-29-33-39(37(40)32-31-36(3)42-35-38(4,5)41-6)34-30-28-26-24-22-20-18-16-14-12-10-8-2/h36H,7-35H2,1-6H3.